The molecule has 0 radical (unpaired) electrons. The molecule has 2 aliphatic rings. The van der Waals surface area contributed by atoms with Crippen LogP contribution in [-0.2, 0) is 9.53 Å². The van der Waals surface area contributed by atoms with Crippen molar-refractivity contribution in [2.75, 3.05) is 11.5 Å². The molecular formula is C24H21N3O5. The summed E-state index contributed by atoms with van der Waals surface area (Å²) in [5.74, 6) is -2.09. The molecule has 1 fully saturated rings. The van der Waals surface area contributed by atoms with Gasteiger partial charge in [-0.3, -0.25) is 14.4 Å². The molecule has 0 unspecified atom stereocenters. The van der Waals surface area contributed by atoms with Gasteiger partial charge in [0.1, 0.15) is 5.54 Å². The number of amides is 3. The highest BCUT2D eigenvalue weighted by Gasteiger charge is 2.36. The van der Waals surface area contributed by atoms with Crippen LogP contribution in [-0.4, -0.2) is 35.8 Å². The van der Waals surface area contributed by atoms with E-state index in [0.29, 0.717) is 29.7 Å². The van der Waals surface area contributed by atoms with Crippen LogP contribution < -0.4 is 10.2 Å². The molecule has 0 aromatic heterocycles. The van der Waals surface area contributed by atoms with E-state index in [1.165, 1.54) is 24.3 Å². The normalized spacial score (nSPS) is 16.8. The molecule has 4 rings (SSSR count). The zero-order valence-electron chi connectivity index (χ0n) is 17.3. The molecule has 8 heteroatoms. The van der Waals surface area contributed by atoms with Gasteiger partial charge in [-0.1, -0.05) is 31.4 Å². The maximum Gasteiger partial charge on any atom is 0.338 e. The van der Waals surface area contributed by atoms with Gasteiger partial charge in [0, 0.05) is 0 Å². The number of ether oxygens (including phenoxy) is 1. The average molecular weight is 431 g/mol. The van der Waals surface area contributed by atoms with E-state index in [1.807, 2.05) is 0 Å². The van der Waals surface area contributed by atoms with Crippen LogP contribution >= 0.6 is 0 Å². The van der Waals surface area contributed by atoms with Crippen molar-refractivity contribution in [3.63, 3.8) is 0 Å². The van der Waals surface area contributed by atoms with E-state index in [4.69, 9.17) is 4.74 Å². The molecule has 3 amide bonds. The summed E-state index contributed by atoms with van der Waals surface area (Å²) in [7, 11) is 0. The Balaban J connectivity index is 1.37. The summed E-state index contributed by atoms with van der Waals surface area (Å²) in [6.45, 7) is -0.498. The second kappa shape index (κ2) is 8.63. The number of rotatable bonds is 5. The van der Waals surface area contributed by atoms with Gasteiger partial charge in [0.15, 0.2) is 6.61 Å². The number of imide groups is 1. The fourth-order valence-corrected chi connectivity index (χ4v) is 4.11. The first-order chi connectivity index (χ1) is 15.4. The molecule has 0 saturated heterocycles. The first kappa shape index (κ1) is 21.2. The fraction of sp³-hybridized carbons (Fsp3) is 0.292. The molecule has 0 atom stereocenters. The third-order valence-electron chi connectivity index (χ3n) is 5.79. The molecule has 2 aromatic carbocycles. The number of carbonyl (C=O) groups is 4. The Morgan fingerprint density at radius 3 is 2.12 bits per heavy atom. The van der Waals surface area contributed by atoms with E-state index in [1.54, 1.807) is 24.3 Å². The van der Waals surface area contributed by atoms with Gasteiger partial charge in [0.25, 0.3) is 17.7 Å². The monoisotopic (exact) mass is 431 g/mol. The lowest BCUT2D eigenvalue weighted by atomic mass is 9.83. The van der Waals surface area contributed by atoms with Gasteiger partial charge < -0.3 is 10.1 Å². The lowest BCUT2D eigenvalue weighted by molar-refractivity contribution is -0.125. The molecule has 1 heterocycles. The molecule has 162 valence electrons. The van der Waals surface area contributed by atoms with E-state index in [-0.39, 0.29) is 5.56 Å². The number of carbonyl (C=O) groups excluding carboxylic acids is 4. The maximum atomic E-state index is 12.6. The largest absolute Gasteiger partial charge is 0.452 e. The summed E-state index contributed by atoms with van der Waals surface area (Å²) in [5, 5.41) is 12.1. The van der Waals surface area contributed by atoms with Crippen LogP contribution in [0, 0.1) is 11.3 Å². The first-order valence-corrected chi connectivity index (χ1v) is 10.4. The number of nitrogens with one attached hydrogen (secondary N) is 1. The lowest BCUT2D eigenvalue weighted by Gasteiger charge is -2.31. The standard InChI is InChI=1S/C24H21N3O5/c25-15-24(12-4-1-5-13-24)26-20(28)14-32-23(31)16-8-10-17(11-9-16)27-21(29)18-6-2-3-7-19(18)22(27)30/h2-3,6-11H,1,4-5,12-14H2,(H,26,28). The minimum absolute atomic E-state index is 0.172. The van der Waals surface area contributed by atoms with E-state index in [0.717, 1.165) is 24.2 Å². The number of anilines is 1. The Morgan fingerprint density at radius 1 is 0.969 bits per heavy atom. The third kappa shape index (κ3) is 3.97. The number of benzene rings is 2. The summed E-state index contributed by atoms with van der Waals surface area (Å²) in [6.07, 6.45) is 3.94. The highest BCUT2D eigenvalue weighted by atomic mass is 16.5. The average Bonchev–Trinajstić information content (AvgIpc) is 3.08. The fourth-order valence-electron chi connectivity index (χ4n) is 4.11. The van der Waals surface area contributed by atoms with Crippen LogP contribution in [0.5, 0.6) is 0 Å². The van der Waals surface area contributed by atoms with Crippen LogP contribution in [0.3, 0.4) is 0 Å². The quantitative estimate of drug-likeness (QED) is 0.575. The van der Waals surface area contributed by atoms with E-state index in [2.05, 4.69) is 11.4 Å². The molecule has 1 aliphatic carbocycles. The molecule has 1 N–H and O–H groups in total. The van der Waals surface area contributed by atoms with Crippen molar-refractivity contribution < 1.29 is 23.9 Å². The number of hydrogen-bond donors (Lipinski definition) is 1. The van der Waals surface area contributed by atoms with E-state index >= 15 is 0 Å². The molecule has 8 nitrogen and oxygen atoms in total. The van der Waals surface area contributed by atoms with Crippen molar-refractivity contribution in [3.05, 3.63) is 65.2 Å². The van der Waals surface area contributed by atoms with Crippen LogP contribution in [0.25, 0.3) is 0 Å². The summed E-state index contributed by atoms with van der Waals surface area (Å²) < 4.78 is 5.07. The van der Waals surface area contributed by atoms with E-state index < -0.39 is 35.8 Å². The number of hydrogen-bond acceptors (Lipinski definition) is 6. The second-order valence-electron chi connectivity index (χ2n) is 7.92. The smallest absolute Gasteiger partial charge is 0.338 e. The minimum Gasteiger partial charge on any atom is -0.452 e. The van der Waals surface area contributed by atoms with Gasteiger partial charge >= 0.3 is 5.97 Å². The molecule has 1 saturated carbocycles. The van der Waals surface area contributed by atoms with Gasteiger partial charge in [-0.05, 0) is 49.2 Å². The second-order valence-corrected chi connectivity index (χ2v) is 7.92. The van der Waals surface area contributed by atoms with Gasteiger partial charge in [0.05, 0.1) is 28.4 Å². The summed E-state index contributed by atoms with van der Waals surface area (Å²) >= 11 is 0. The Morgan fingerprint density at radius 2 is 1.56 bits per heavy atom. The molecule has 0 spiro atoms. The van der Waals surface area contributed by atoms with Crippen molar-refractivity contribution >= 4 is 29.4 Å². The van der Waals surface area contributed by atoms with Gasteiger partial charge in [-0.2, -0.15) is 5.26 Å². The Bertz CT molecular complexity index is 1090. The summed E-state index contributed by atoms with van der Waals surface area (Å²) in [4.78, 5) is 50.7. The van der Waals surface area contributed by atoms with Crippen LogP contribution in [0.1, 0.15) is 63.2 Å². The summed E-state index contributed by atoms with van der Waals surface area (Å²) in [6, 6.07) is 14.6. The number of nitriles is 1. The molecular weight excluding hydrogens is 410 g/mol. The Kier molecular flexibility index (Phi) is 5.73. The van der Waals surface area contributed by atoms with Gasteiger partial charge in [-0.25, -0.2) is 9.69 Å². The van der Waals surface area contributed by atoms with Crippen molar-refractivity contribution in [1.29, 1.82) is 5.26 Å². The lowest BCUT2D eigenvalue weighted by Crippen LogP contribution is -2.50. The van der Waals surface area contributed by atoms with Crippen molar-refractivity contribution in [3.8, 4) is 6.07 Å². The topological polar surface area (TPSA) is 117 Å². The third-order valence-corrected chi connectivity index (χ3v) is 5.79. The minimum atomic E-state index is -0.893. The van der Waals surface area contributed by atoms with Crippen LogP contribution in [0.15, 0.2) is 48.5 Å². The SMILES string of the molecule is N#CC1(NC(=O)COC(=O)c2ccc(N3C(=O)c4ccccc4C3=O)cc2)CCCCC1. The predicted octanol–water partition coefficient (Wildman–Crippen LogP) is 2.99. The Hall–Kier alpha value is -3.99. The first-order valence-electron chi connectivity index (χ1n) is 10.4. The molecule has 32 heavy (non-hydrogen) atoms. The van der Waals surface area contributed by atoms with E-state index in [9.17, 15) is 24.4 Å². The van der Waals surface area contributed by atoms with Crippen LogP contribution in [0.4, 0.5) is 5.69 Å². The highest BCUT2D eigenvalue weighted by Crippen LogP contribution is 2.29. The zero-order chi connectivity index (χ0) is 22.7. The zero-order valence-corrected chi connectivity index (χ0v) is 17.3. The molecule has 1 aliphatic heterocycles. The summed E-state index contributed by atoms with van der Waals surface area (Å²) in [5.41, 5.74) is 0.278. The highest BCUT2D eigenvalue weighted by molar-refractivity contribution is 6.34. The number of nitrogens with zero attached hydrogens (tertiary/aromatic N) is 2. The predicted molar refractivity (Wildman–Crippen MR) is 114 cm³/mol. The Labute approximate surface area is 184 Å². The number of esters is 1. The van der Waals surface area contributed by atoms with Gasteiger partial charge in [0.2, 0.25) is 0 Å². The van der Waals surface area contributed by atoms with Crippen molar-refractivity contribution in [2.24, 2.45) is 0 Å². The van der Waals surface area contributed by atoms with Crippen molar-refractivity contribution in [1.82, 2.24) is 5.32 Å². The number of fused-ring (bicyclic) bond motifs is 1. The molecule has 0 bridgehead atoms. The molecule has 2 aromatic rings. The van der Waals surface area contributed by atoms with Crippen molar-refractivity contribution in [2.45, 2.75) is 37.6 Å². The van der Waals surface area contributed by atoms with Gasteiger partial charge in [-0.15, -0.1) is 0 Å². The van der Waals surface area contributed by atoms with Crippen LogP contribution in [0.2, 0.25) is 0 Å². The maximum absolute atomic E-state index is 12.6.